The van der Waals surface area contributed by atoms with Gasteiger partial charge in [0.15, 0.2) is 0 Å². The van der Waals surface area contributed by atoms with E-state index in [1.807, 2.05) is 17.9 Å². The standard InChI is InChI=1S/C13H18N4O2/c1-8-6-9(2-3-10(8)12(14)18)17-5-4-16-7-11(17)13(15)19/h2-3,6,11,16H,4-5,7H2,1H3,(H2,14,18)(H2,15,19). The van der Waals surface area contributed by atoms with E-state index in [9.17, 15) is 9.59 Å². The van der Waals surface area contributed by atoms with Crippen molar-refractivity contribution in [2.24, 2.45) is 11.5 Å². The number of anilines is 1. The second-order valence-electron chi connectivity index (χ2n) is 4.68. The molecule has 0 radical (unpaired) electrons. The molecule has 1 heterocycles. The molecule has 1 aromatic carbocycles. The Hall–Kier alpha value is -2.08. The lowest BCUT2D eigenvalue weighted by molar-refractivity contribution is -0.119. The Morgan fingerprint density at radius 1 is 1.37 bits per heavy atom. The zero-order valence-corrected chi connectivity index (χ0v) is 10.8. The third-order valence-corrected chi connectivity index (χ3v) is 3.38. The van der Waals surface area contributed by atoms with Gasteiger partial charge in [0.05, 0.1) is 0 Å². The summed E-state index contributed by atoms with van der Waals surface area (Å²) in [5.74, 6) is -0.806. The van der Waals surface area contributed by atoms with E-state index in [0.717, 1.165) is 17.8 Å². The minimum atomic E-state index is -0.448. The molecular weight excluding hydrogens is 244 g/mol. The zero-order valence-electron chi connectivity index (χ0n) is 10.8. The maximum absolute atomic E-state index is 11.5. The van der Waals surface area contributed by atoms with Crippen molar-refractivity contribution in [1.82, 2.24) is 5.32 Å². The van der Waals surface area contributed by atoms with E-state index < -0.39 is 5.91 Å². The Balaban J connectivity index is 2.32. The first kappa shape index (κ1) is 13.4. The maximum Gasteiger partial charge on any atom is 0.248 e. The molecule has 0 bridgehead atoms. The van der Waals surface area contributed by atoms with Gasteiger partial charge >= 0.3 is 0 Å². The minimum absolute atomic E-state index is 0.358. The summed E-state index contributed by atoms with van der Waals surface area (Å²) in [5.41, 5.74) is 12.9. The van der Waals surface area contributed by atoms with Crippen LogP contribution in [-0.4, -0.2) is 37.5 Å². The number of benzene rings is 1. The summed E-state index contributed by atoms with van der Waals surface area (Å²) in [5, 5.41) is 3.14. The number of carbonyl (C=O) groups excluding carboxylic acids is 2. The number of carbonyl (C=O) groups is 2. The van der Waals surface area contributed by atoms with E-state index in [2.05, 4.69) is 5.32 Å². The summed E-state index contributed by atoms with van der Waals surface area (Å²) in [6, 6.07) is 4.98. The van der Waals surface area contributed by atoms with Gasteiger partial charge in [-0.25, -0.2) is 0 Å². The van der Waals surface area contributed by atoms with E-state index in [4.69, 9.17) is 11.5 Å². The quantitative estimate of drug-likeness (QED) is 0.674. The lowest BCUT2D eigenvalue weighted by Gasteiger charge is -2.36. The van der Waals surface area contributed by atoms with Crippen LogP contribution in [0, 0.1) is 6.92 Å². The summed E-state index contributed by atoms with van der Waals surface area (Å²) >= 11 is 0. The number of rotatable bonds is 3. The number of nitrogens with two attached hydrogens (primary N) is 2. The number of primary amides is 2. The van der Waals surface area contributed by atoms with Crippen LogP contribution in [0.4, 0.5) is 5.69 Å². The van der Waals surface area contributed by atoms with Crippen LogP contribution in [0.15, 0.2) is 18.2 Å². The zero-order chi connectivity index (χ0) is 14.0. The lowest BCUT2D eigenvalue weighted by atomic mass is 10.0. The first-order valence-electron chi connectivity index (χ1n) is 6.18. The fourth-order valence-corrected chi connectivity index (χ4v) is 2.37. The average molecular weight is 262 g/mol. The largest absolute Gasteiger partial charge is 0.368 e. The van der Waals surface area contributed by atoms with E-state index in [0.29, 0.717) is 18.7 Å². The van der Waals surface area contributed by atoms with Crippen molar-refractivity contribution in [2.75, 3.05) is 24.5 Å². The highest BCUT2D eigenvalue weighted by Crippen LogP contribution is 2.22. The molecule has 1 saturated heterocycles. The molecule has 0 saturated carbocycles. The number of hydrogen-bond acceptors (Lipinski definition) is 4. The highest BCUT2D eigenvalue weighted by Gasteiger charge is 2.27. The van der Waals surface area contributed by atoms with Crippen molar-refractivity contribution in [3.8, 4) is 0 Å². The molecule has 0 aliphatic carbocycles. The lowest BCUT2D eigenvalue weighted by Crippen LogP contribution is -2.57. The van der Waals surface area contributed by atoms with Crippen LogP contribution in [0.25, 0.3) is 0 Å². The molecule has 1 atom stereocenters. The van der Waals surface area contributed by atoms with E-state index in [-0.39, 0.29) is 11.9 Å². The Morgan fingerprint density at radius 2 is 2.11 bits per heavy atom. The topological polar surface area (TPSA) is 101 Å². The van der Waals surface area contributed by atoms with Gasteiger partial charge in [0.1, 0.15) is 6.04 Å². The van der Waals surface area contributed by atoms with Crippen LogP contribution in [0.2, 0.25) is 0 Å². The van der Waals surface area contributed by atoms with Gasteiger partial charge < -0.3 is 21.7 Å². The molecule has 5 N–H and O–H groups in total. The van der Waals surface area contributed by atoms with Gasteiger partial charge in [-0.2, -0.15) is 0 Å². The highest BCUT2D eigenvalue weighted by molar-refractivity contribution is 5.95. The van der Waals surface area contributed by atoms with Gasteiger partial charge in [0.2, 0.25) is 11.8 Å². The molecule has 0 aromatic heterocycles. The van der Waals surface area contributed by atoms with Crippen LogP contribution in [0.1, 0.15) is 15.9 Å². The first-order valence-corrected chi connectivity index (χ1v) is 6.18. The molecule has 1 fully saturated rings. The first-order chi connectivity index (χ1) is 9.00. The Bertz CT molecular complexity index is 515. The predicted molar refractivity (Wildman–Crippen MR) is 72.9 cm³/mol. The Morgan fingerprint density at radius 3 is 2.68 bits per heavy atom. The number of nitrogens with one attached hydrogen (secondary N) is 1. The normalized spacial score (nSPS) is 19.2. The van der Waals surface area contributed by atoms with Crippen molar-refractivity contribution < 1.29 is 9.59 Å². The summed E-state index contributed by atoms with van der Waals surface area (Å²) in [4.78, 5) is 24.6. The third kappa shape index (κ3) is 2.68. The van der Waals surface area contributed by atoms with Crippen LogP contribution in [-0.2, 0) is 4.79 Å². The average Bonchev–Trinajstić information content (AvgIpc) is 2.38. The number of piperazine rings is 1. The molecule has 1 aromatic rings. The molecule has 1 aliphatic heterocycles. The monoisotopic (exact) mass is 262 g/mol. The van der Waals surface area contributed by atoms with Crippen molar-refractivity contribution in [2.45, 2.75) is 13.0 Å². The molecule has 6 nitrogen and oxygen atoms in total. The fraction of sp³-hybridized carbons (Fsp3) is 0.385. The number of hydrogen-bond donors (Lipinski definition) is 3. The van der Waals surface area contributed by atoms with Crippen molar-refractivity contribution >= 4 is 17.5 Å². The molecular formula is C13H18N4O2. The second-order valence-corrected chi connectivity index (χ2v) is 4.68. The summed E-state index contributed by atoms with van der Waals surface area (Å²) < 4.78 is 0. The summed E-state index contributed by atoms with van der Waals surface area (Å²) in [6.45, 7) is 3.85. The SMILES string of the molecule is Cc1cc(N2CCNCC2C(N)=O)ccc1C(N)=O. The maximum atomic E-state index is 11.5. The van der Waals surface area contributed by atoms with Gasteiger partial charge in [0.25, 0.3) is 0 Å². The highest BCUT2D eigenvalue weighted by atomic mass is 16.1. The minimum Gasteiger partial charge on any atom is -0.368 e. The van der Waals surface area contributed by atoms with Crippen LogP contribution in [0.5, 0.6) is 0 Å². The molecule has 2 rings (SSSR count). The van der Waals surface area contributed by atoms with Crippen LogP contribution in [0.3, 0.4) is 0 Å². The molecule has 1 aliphatic rings. The van der Waals surface area contributed by atoms with Crippen molar-refractivity contribution in [3.63, 3.8) is 0 Å². The van der Waals surface area contributed by atoms with Gasteiger partial charge in [-0.05, 0) is 30.7 Å². The molecule has 6 heteroatoms. The van der Waals surface area contributed by atoms with Crippen LogP contribution >= 0.6 is 0 Å². The van der Waals surface area contributed by atoms with Crippen molar-refractivity contribution in [3.05, 3.63) is 29.3 Å². The number of nitrogens with zero attached hydrogens (tertiary/aromatic N) is 1. The fourth-order valence-electron chi connectivity index (χ4n) is 2.37. The Labute approximate surface area is 111 Å². The molecule has 102 valence electrons. The second kappa shape index (κ2) is 5.27. The molecule has 19 heavy (non-hydrogen) atoms. The van der Waals surface area contributed by atoms with E-state index in [1.54, 1.807) is 12.1 Å². The smallest absolute Gasteiger partial charge is 0.248 e. The van der Waals surface area contributed by atoms with Gasteiger partial charge in [0, 0.05) is 30.9 Å². The third-order valence-electron chi connectivity index (χ3n) is 3.38. The van der Waals surface area contributed by atoms with Crippen molar-refractivity contribution in [1.29, 1.82) is 0 Å². The van der Waals surface area contributed by atoms with Crippen LogP contribution < -0.4 is 21.7 Å². The molecule has 0 spiro atoms. The number of amides is 2. The Kier molecular flexibility index (Phi) is 3.71. The van der Waals surface area contributed by atoms with E-state index in [1.165, 1.54) is 0 Å². The molecule has 1 unspecified atom stereocenters. The molecule has 2 amide bonds. The van der Waals surface area contributed by atoms with E-state index >= 15 is 0 Å². The number of aryl methyl sites for hydroxylation is 1. The predicted octanol–water partition coefficient (Wildman–Crippen LogP) is -0.643. The summed E-state index contributed by atoms with van der Waals surface area (Å²) in [7, 11) is 0. The van der Waals surface area contributed by atoms with Gasteiger partial charge in [-0.3, -0.25) is 9.59 Å². The van der Waals surface area contributed by atoms with Gasteiger partial charge in [-0.15, -0.1) is 0 Å². The van der Waals surface area contributed by atoms with Gasteiger partial charge in [-0.1, -0.05) is 0 Å². The summed E-state index contributed by atoms with van der Waals surface area (Å²) in [6.07, 6.45) is 0.